The molecule has 0 bridgehead atoms. The molecule has 0 aliphatic rings. The number of benzene rings is 2. The van der Waals surface area contributed by atoms with Gasteiger partial charge in [-0.15, -0.1) is 0 Å². The van der Waals surface area contributed by atoms with Crippen molar-refractivity contribution in [2.45, 2.75) is 53.1 Å². The molecular weight excluding hydrogens is 366 g/mol. The predicted molar refractivity (Wildman–Crippen MR) is 117 cm³/mol. The van der Waals surface area contributed by atoms with Crippen molar-refractivity contribution in [1.82, 2.24) is 9.13 Å². The fourth-order valence-corrected chi connectivity index (χ4v) is 3.40. The van der Waals surface area contributed by atoms with E-state index in [0.29, 0.717) is 23.1 Å². The highest BCUT2D eigenvalue weighted by atomic mass is 16.2. The Morgan fingerprint density at radius 1 is 0.966 bits per heavy atom. The molecule has 1 N–H and O–H groups in total. The number of anilines is 1. The first-order valence-electron chi connectivity index (χ1n) is 10.0. The highest BCUT2D eigenvalue weighted by molar-refractivity contribution is 5.91. The number of carbonyl (C=O) groups is 1. The number of aryl methyl sites for hydroxylation is 2. The van der Waals surface area contributed by atoms with Crippen LogP contribution in [0.1, 0.15) is 37.3 Å². The number of hydrogen-bond acceptors (Lipinski definition) is 3. The topological polar surface area (TPSA) is 73.1 Å². The Balaban J connectivity index is 1.96. The summed E-state index contributed by atoms with van der Waals surface area (Å²) in [5.74, 6) is -0.306. The van der Waals surface area contributed by atoms with Crippen LogP contribution in [-0.2, 0) is 17.9 Å². The van der Waals surface area contributed by atoms with Gasteiger partial charge in [0.15, 0.2) is 0 Å². The fraction of sp³-hybridized carbons (Fsp3) is 0.348. The lowest BCUT2D eigenvalue weighted by Crippen LogP contribution is -2.41. The zero-order chi connectivity index (χ0) is 21.0. The molecule has 3 rings (SSSR count). The second kappa shape index (κ2) is 8.90. The fourth-order valence-electron chi connectivity index (χ4n) is 3.40. The van der Waals surface area contributed by atoms with Crippen LogP contribution in [-0.4, -0.2) is 15.0 Å². The number of aromatic nitrogens is 2. The summed E-state index contributed by atoms with van der Waals surface area (Å²) in [6, 6.07) is 12.6. The van der Waals surface area contributed by atoms with Crippen LogP contribution in [0.5, 0.6) is 0 Å². The molecule has 0 fully saturated rings. The van der Waals surface area contributed by atoms with Gasteiger partial charge in [0.25, 0.3) is 5.56 Å². The van der Waals surface area contributed by atoms with Gasteiger partial charge in [-0.3, -0.25) is 18.7 Å². The summed E-state index contributed by atoms with van der Waals surface area (Å²) in [5.41, 5.74) is 2.64. The quantitative estimate of drug-likeness (QED) is 0.623. The molecule has 1 heterocycles. The molecule has 3 aromatic rings. The first kappa shape index (κ1) is 20.6. The maximum Gasteiger partial charge on any atom is 0.331 e. The Morgan fingerprint density at radius 2 is 1.72 bits per heavy atom. The van der Waals surface area contributed by atoms with Crippen LogP contribution in [0.15, 0.2) is 52.1 Å². The molecule has 0 spiro atoms. The number of unbranched alkanes of at least 4 members (excludes halogenated alkanes) is 2. The maximum absolute atomic E-state index is 13.0. The van der Waals surface area contributed by atoms with Crippen molar-refractivity contribution in [3.8, 4) is 0 Å². The van der Waals surface area contributed by atoms with Gasteiger partial charge >= 0.3 is 5.69 Å². The van der Waals surface area contributed by atoms with Gasteiger partial charge < -0.3 is 5.32 Å². The molecule has 0 saturated carbocycles. The van der Waals surface area contributed by atoms with E-state index in [0.717, 1.165) is 30.4 Å². The molecule has 2 aromatic carbocycles. The number of rotatable bonds is 7. The van der Waals surface area contributed by atoms with Crippen LogP contribution in [0.25, 0.3) is 10.9 Å². The lowest BCUT2D eigenvalue weighted by atomic mass is 10.1. The number of hydrogen-bond donors (Lipinski definition) is 1. The van der Waals surface area contributed by atoms with E-state index in [1.807, 2.05) is 32.0 Å². The van der Waals surface area contributed by atoms with E-state index in [1.54, 1.807) is 24.3 Å². The van der Waals surface area contributed by atoms with E-state index in [2.05, 4.69) is 12.2 Å². The Morgan fingerprint density at radius 3 is 2.45 bits per heavy atom. The third-order valence-electron chi connectivity index (χ3n) is 5.21. The van der Waals surface area contributed by atoms with E-state index in [-0.39, 0.29) is 18.0 Å². The van der Waals surface area contributed by atoms with E-state index < -0.39 is 5.69 Å². The summed E-state index contributed by atoms with van der Waals surface area (Å²) in [4.78, 5) is 38.5. The SMILES string of the molecule is CCCCCn1c(=O)c2ccccc2n(CC(=O)Nc2ccc(C)c(C)c2)c1=O. The standard InChI is InChI=1S/C23H27N3O3/c1-4-5-8-13-25-22(28)19-9-6-7-10-20(19)26(23(25)29)15-21(27)24-18-12-11-16(2)17(3)14-18/h6-7,9-12,14H,4-5,8,13,15H2,1-3H3,(H,24,27). The first-order chi connectivity index (χ1) is 13.9. The third-order valence-corrected chi connectivity index (χ3v) is 5.21. The minimum absolute atomic E-state index is 0.152. The van der Waals surface area contributed by atoms with E-state index >= 15 is 0 Å². The molecule has 1 amide bonds. The van der Waals surface area contributed by atoms with Crippen molar-refractivity contribution in [2.24, 2.45) is 0 Å². The van der Waals surface area contributed by atoms with Gasteiger partial charge in [-0.25, -0.2) is 4.79 Å². The molecule has 0 atom stereocenters. The van der Waals surface area contributed by atoms with Crippen LogP contribution in [0.4, 0.5) is 5.69 Å². The molecule has 0 aliphatic heterocycles. The highest BCUT2D eigenvalue weighted by Crippen LogP contribution is 2.14. The smallest absolute Gasteiger partial charge is 0.325 e. The molecule has 6 heteroatoms. The van der Waals surface area contributed by atoms with E-state index in [1.165, 1.54) is 9.13 Å². The third kappa shape index (κ3) is 4.47. The normalized spacial score (nSPS) is 11.0. The van der Waals surface area contributed by atoms with Crippen molar-refractivity contribution in [1.29, 1.82) is 0 Å². The first-order valence-corrected chi connectivity index (χ1v) is 10.0. The van der Waals surface area contributed by atoms with Crippen molar-refractivity contribution in [3.63, 3.8) is 0 Å². The minimum atomic E-state index is -0.444. The van der Waals surface area contributed by atoms with Crippen LogP contribution >= 0.6 is 0 Å². The predicted octanol–water partition coefficient (Wildman–Crippen LogP) is 3.61. The Labute approximate surface area is 169 Å². The zero-order valence-electron chi connectivity index (χ0n) is 17.2. The molecule has 0 saturated heterocycles. The largest absolute Gasteiger partial charge is 0.331 e. The average Bonchev–Trinajstić information content (AvgIpc) is 2.70. The molecule has 1 aromatic heterocycles. The zero-order valence-corrected chi connectivity index (χ0v) is 17.2. The van der Waals surface area contributed by atoms with Crippen LogP contribution in [0.3, 0.4) is 0 Å². The molecule has 0 unspecified atom stereocenters. The molecule has 152 valence electrons. The summed E-state index contributed by atoms with van der Waals surface area (Å²) in [7, 11) is 0. The van der Waals surface area contributed by atoms with Gasteiger partial charge in [-0.2, -0.15) is 0 Å². The highest BCUT2D eigenvalue weighted by Gasteiger charge is 2.15. The molecular formula is C23H27N3O3. The van der Waals surface area contributed by atoms with Gasteiger partial charge in [0.2, 0.25) is 5.91 Å². The van der Waals surface area contributed by atoms with Gasteiger partial charge in [-0.1, -0.05) is 38.0 Å². The van der Waals surface area contributed by atoms with Crippen molar-refractivity contribution in [2.75, 3.05) is 5.32 Å². The van der Waals surface area contributed by atoms with E-state index in [9.17, 15) is 14.4 Å². The number of nitrogens with one attached hydrogen (secondary N) is 1. The van der Waals surface area contributed by atoms with Crippen molar-refractivity contribution in [3.05, 3.63) is 74.4 Å². The van der Waals surface area contributed by atoms with Gasteiger partial charge in [0, 0.05) is 12.2 Å². The Hall–Kier alpha value is -3.15. The lowest BCUT2D eigenvalue weighted by molar-refractivity contribution is -0.116. The average molecular weight is 393 g/mol. The Kier molecular flexibility index (Phi) is 6.32. The Bertz CT molecular complexity index is 1160. The maximum atomic E-state index is 13.0. The van der Waals surface area contributed by atoms with Gasteiger partial charge in [0.05, 0.1) is 10.9 Å². The monoisotopic (exact) mass is 393 g/mol. The second-order valence-electron chi connectivity index (χ2n) is 7.40. The number of fused-ring (bicyclic) bond motifs is 1. The second-order valence-corrected chi connectivity index (χ2v) is 7.40. The summed E-state index contributed by atoms with van der Waals surface area (Å²) >= 11 is 0. The number of para-hydroxylation sites is 1. The summed E-state index contributed by atoms with van der Waals surface area (Å²) in [6.07, 6.45) is 2.68. The number of amides is 1. The molecule has 6 nitrogen and oxygen atoms in total. The van der Waals surface area contributed by atoms with Gasteiger partial charge in [-0.05, 0) is 55.7 Å². The summed E-state index contributed by atoms with van der Waals surface area (Å²) in [5, 5.41) is 3.30. The van der Waals surface area contributed by atoms with Crippen LogP contribution < -0.4 is 16.6 Å². The summed E-state index contributed by atoms with van der Waals surface area (Å²) < 4.78 is 2.64. The minimum Gasteiger partial charge on any atom is -0.325 e. The number of nitrogens with zero attached hydrogens (tertiary/aromatic N) is 2. The van der Waals surface area contributed by atoms with E-state index in [4.69, 9.17) is 0 Å². The number of carbonyl (C=O) groups excluding carboxylic acids is 1. The van der Waals surface area contributed by atoms with Gasteiger partial charge in [0.1, 0.15) is 6.54 Å². The summed E-state index contributed by atoms with van der Waals surface area (Å²) in [6.45, 7) is 6.26. The molecule has 0 aliphatic carbocycles. The van der Waals surface area contributed by atoms with Crippen LogP contribution in [0, 0.1) is 13.8 Å². The van der Waals surface area contributed by atoms with Crippen molar-refractivity contribution < 1.29 is 4.79 Å². The lowest BCUT2D eigenvalue weighted by Gasteiger charge is -2.14. The molecule has 0 radical (unpaired) electrons. The molecule has 29 heavy (non-hydrogen) atoms. The van der Waals surface area contributed by atoms with Crippen molar-refractivity contribution >= 4 is 22.5 Å². The van der Waals surface area contributed by atoms with Crippen LogP contribution in [0.2, 0.25) is 0 Å².